The van der Waals surface area contributed by atoms with Crippen LogP contribution >= 0.6 is 0 Å². The van der Waals surface area contributed by atoms with Crippen LogP contribution in [0.3, 0.4) is 0 Å². The fourth-order valence-electron chi connectivity index (χ4n) is 3.62. The molecule has 0 aromatic heterocycles. The predicted molar refractivity (Wildman–Crippen MR) is 99.9 cm³/mol. The first kappa shape index (κ1) is 16.7. The minimum absolute atomic E-state index is 0.449. The largest absolute Gasteiger partial charge is 0.369 e. The molecule has 126 valence electrons. The Morgan fingerprint density at radius 3 is 2.21 bits per heavy atom. The Morgan fingerprint density at radius 2 is 1.62 bits per heavy atom. The molecule has 0 radical (unpaired) electrons. The van der Waals surface area contributed by atoms with E-state index in [1.807, 2.05) is 24.3 Å². The number of rotatable bonds is 4. The van der Waals surface area contributed by atoms with Crippen molar-refractivity contribution in [3.8, 4) is 0 Å². The van der Waals surface area contributed by atoms with Crippen molar-refractivity contribution in [3.05, 3.63) is 64.7 Å². The third-order valence-electron chi connectivity index (χ3n) is 5.13. The zero-order valence-electron chi connectivity index (χ0n) is 14.8. The van der Waals surface area contributed by atoms with Gasteiger partial charge in [0, 0.05) is 43.5 Å². The smallest absolute Gasteiger partial charge is 0.150 e. The summed E-state index contributed by atoms with van der Waals surface area (Å²) in [5.74, 6) is 0. The lowest BCUT2D eigenvalue weighted by Crippen LogP contribution is -2.47. The van der Waals surface area contributed by atoms with Crippen molar-refractivity contribution < 1.29 is 4.79 Å². The van der Waals surface area contributed by atoms with E-state index in [1.54, 1.807) is 0 Å². The number of carbonyl (C=O) groups excluding carboxylic acids is 1. The van der Waals surface area contributed by atoms with Gasteiger partial charge < -0.3 is 4.90 Å². The maximum atomic E-state index is 10.8. The van der Waals surface area contributed by atoms with Crippen LogP contribution in [0.25, 0.3) is 0 Å². The van der Waals surface area contributed by atoms with E-state index < -0.39 is 0 Å². The van der Waals surface area contributed by atoms with E-state index in [-0.39, 0.29) is 0 Å². The molecule has 0 bridgehead atoms. The van der Waals surface area contributed by atoms with Crippen molar-refractivity contribution >= 4 is 12.0 Å². The predicted octanol–water partition coefficient (Wildman–Crippen LogP) is 4.00. The lowest BCUT2D eigenvalue weighted by atomic mass is 9.98. The summed E-state index contributed by atoms with van der Waals surface area (Å²) >= 11 is 0. The molecule has 1 heterocycles. The normalized spacial score (nSPS) is 16.9. The summed E-state index contributed by atoms with van der Waals surface area (Å²) in [6, 6.07) is 15.1. The lowest BCUT2D eigenvalue weighted by Gasteiger charge is -2.39. The highest BCUT2D eigenvalue weighted by molar-refractivity contribution is 5.75. The number of hydrogen-bond acceptors (Lipinski definition) is 3. The molecule has 0 saturated carbocycles. The zero-order valence-corrected chi connectivity index (χ0v) is 14.8. The Labute approximate surface area is 144 Å². The summed E-state index contributed by atoms with van der Waals surface area (Å²) in [6.45, 7) is 10.8. The third kappa shape index (κ3) is 3.51. The second kappa shape index (κ2) is 7.18. The topological polar surface area (TPSA) is 23.6 Å². The number of nitrogens with zero attached hydrogens (tertiary/aromatic N) is 2. The summed E-state index contributed by atoms with van der Waals surface area (Å²) in [6.07, 6.45) is 0.896. The van der Waals surface area contributed by atoms with Gasteiger partial charge in [-0.05, 0) is 56.2 Å². The fourth-order valence-corrected chi connectivity index (χ4v) is 3.62. The first-order chi connectivity index (χ1) is 11.6. The van der Waals surface area contributed by atoms with Gasteiger partial charge in [0.25, 0.3) is 0 Å². The average Bonchev–Trinajstić information content (AvgIpc) is 2.61. The van der Waals surface area contributed by atoms with Crippen molar-refractivity contribution in [2.24, 2.45) is 0 Å². The minimum atomic E-state index is 0.449. The zero-order chi connectivity index (χ0) is 17.1. The number of aryl methyl sites for hydroxylation is 2. The number of aldehydes is 1. The molecule has 1 unspecified atom stereocenters. The van der Waals surface area contributed by atoms with Gasteiger partial charge in [0.1, 0.15) is 6.29 Å². The van der Waals surface area contributed by atoms with Crippen molar-refractivity contribution in [1.29, 1.82) is 0 Å². The van der Waals surface area contributed by atoms with Crippen molar-refractivity contribution in [1.82, 2.24) is 4.90 Å². The molecule has 0 aliphatic carbocycles. The van der Waals surface area contributed by atoms with Crippen LogP contribution in [0.15, 0.2) is 42.5 Å². The minimum Gasteiger partial charge on any atom is -0.369 e. The number of piperazine rings is 1. The molecule has 3 nitrogen and oxygen atoms in total. The Hall–Kier alpha value is -2.13. The first-order valence-electron chi connectivity index (χ1n) is 8.70. The van der Waals surface area contributed by atoms with E-state index in [0.717, 1.165) is 38.0 Å². The van der Waals surface area contributed by atoms with Crippen molar-refractivity contribution in [3.63, 3.8) is 0 Å². The Balaban J connectivity index is 1.64. The highest BCUT2D eigenvalue weighted by Gasteiger charge is 2.23. The molecule has 1 fully saturated rings. The SMILES string of the molecule is Cc1ccc(C(C)N2CCN(c3ccc(C=O)cc3)CC2)c(C)c1. The Kier molecular flexibility index (Phi) is 5.00. The van der Waals surface area contributed by atoms with E-state index in [1.165, 1.54) is 22.4 Å². The van der Waals surface area contributed by atoms with Gasteiger partial charge in [-0.2, -0.15) is 0 Å². The maximum absolute atomic E-state index is 10.8. The van der Waals surface area contributed by atoms with Gasteiger partial charge >= 0.3 is 0 Å². The molecule has 1 aliphatic heterocycles. The molecule has 0 amide bonds. The van der Waals surface area contributed by atoms with Crippen LogP contribution in [0, 0.1) is 13.8 Å². The standard InChI is InChI=1S/C21H26N2O/c1-16-4-9-21(17(2)14-16)18(3)22-10-12-23(13-11-22)20-7-5-19(15-24)6-8-20/h4-9,14-15,18H,10-13H2,1-3H3. The molecule has 3 rings (SSSR count). The van der Waals surface area contributed by atoms with Gasteiger partial charge in [0.05, 0.1) is 0 Å². The summed E-state index contributed by atoms with van der Waals surface area (Å²) in [5, 5.41) is 0. The molecule has 24 heavy (non-hydrogen) atoms. The Morgan fingerprint density at radius 1 is 0.958 bits per heavy atom. The van der Waals surface area contributed by atoms with Gasteiger partial charge in [-0.3, -0.25) is 9.69 Å². The summed E-state index contributed by atoms with van der Waals surface area (Å²) in [4.78, 5) is 15.7. The Bertz CT molecular complexity index is 700. The average molecular weight is 322 g/mol. The van der Waals surface area contributed by atoms with Gasteiger partial charge in [0.15, 0.2) is 0 Å². The summed E-state index contributed by atoms with van der Waals surface area (Å²) < 4.78 is 0. The monoisotopic (exact) mass is 322 g/mol. The molecule has 1 aliphatic rings. The maximum Gasteiger partial charge on any atom is 0.150 e. The number of benzene rings is 2. The molecular formula is C21H26N2O. The van der Waals surface area contributed by atoms with Crippen LogP contribution in [0.4, 0.5) is 5.69 Å². The van der Waals surface area contributed by atoms with Gasteiger partial charge in [0.2, 0.25) is 0 Å². The molecule has 2 aromatic rings. The molecule has 3 heteroatoms. The number of anilines is 1. The molecule has 0 N–H and O–H groups in total. The lowest BCUT2D eigenvalue weighted by molar-refractivity contribution is 0.112. The fraction of sp³-hybridized carbons (Fsp3) is 0.381. The van der Waals surface area contributed by atoms with Crippen LogP contribution in [0.5, 0.6) is 0 Å². The molecule has 0 spiro atoms. The number of hydrogen-bond donors (Lipinski definition) is 0. The van der Waals surface area contributed by atoms with E-state index in [9.17, 15) is 4.79 Å². The summed E-state index contributed by atoms with van der Waals surface area (Å²) in [5.41, 5.74) is 6.09. The van der Waals surface area contributed by atoms with Gasteiger partial charge in [-0.1, -0.05) is 23.8 Å². The van der Waals surface area contributed by atoms with Gasteiger partial charge in [-0.25, -0.2) is 0 Å². The summed E-state index contributed by atoms with van der Waals surface area (Å²) in [7, 11) is 0. The molecular weight excluding hydrogens is 296 g/mol. The van der Waals surface area contributed by atoms with Crippen molar-refractivity contribution in [2.45, 2.75) is 26.8 Å². The second-order valence-electron chi connectivity index (χ2n) is 6.77. The second-order valence-corrected chi connectivity index (χ2v) is 6.77. The highest BCUT2D eigenvalue weighted by atomic mass is 16.1. The molecule has 1 saturated heterocycles. The number of carbonyl (C=O) groups is 1. The van der Waals surface area contributed by atoms with Crippen LogP contribution in [0.2, 0.25) is 0 Å². The molecule has 1 atom stereocenters. The third-order valence-corrected chi connectivity index (χ3v) is 5.13. The van der Waals surface area contributed by atoms with Crippen LogP contribution in [-0.2, 0) is 0 Å². The quantitative estimate of drug-likeness (QED) is 0.795. The van der Waals surface area contributed by atoms with Crippen LogP contribution in [0.1, 0.15) is 40.0 Å². The van der Waals surface area contributed by atoms with E-state index >= 15 is 0 Å². The molecule has 2 aromatic carbocycles. The van der Waals surface area contributed by atoms with E-state index in [2.05, 4.69) is 48.8 Å². The first-order valence-corrected chi connectivity index (χ1v) is 8.70. The van der Waals surface area contributed by atoms with E-state index in [0.29, 0.717) is 6.04 Å². The van der Waals surface area contributed by atoms with Crippen LogP contribution in [-0.4, -0.2) is 37.4 Å². The highest BCUT2D eigenvalue weighted by Crippen LogP contribution is 2.26. The van der Waals surface area contributed by atoms with Crippen molar-refractivity contribution in [2.75, 3.05) is 31.1 Å². The van der Waals surface area contributed by atoms with Gasteiger partial charge in [-0.15, -0.1) is 0 Å². The van der Waals surface area contributed by atoms with Crippen LogP contribution < -0.4 is 4.90 Å². The van der Waals surface area contributed by atoms with E-state index in [4.69, 9.17) is 0 Å².